The van der Waals surface area contributed by atoms with Crippen molar-refractivity contribution in [3.63, 3.8) is 0 Å². The van der Waals surface area contributed by atoms with Crippen LogP contribution < -0.4 is 0 Å². The summed E-state index contributed by atoms with van der Waals surface area (Å²) in [6, 6.07) is 8.88. The van der Waals surface area contributed by atoms with E-state index in [2.05, 4.69) is 14.8 Å². The van der Waals surface area contributed by atoms with Crippen molar-refractivity contribution in [3.05, 3.63) is 45.7 Å². The van der Waals surface area contributed by atoms with Crippen LogP contribution in [0.25, 0.3) is 21.6 Å². The molecule has 1 aromatic carbocycles. The Labute approximate surface area is 112 Å². The molecule has 19 heavy (non-hydrogen) atoms. The van der Waals surface area contributed by atoms with Crippen molar-refractivity contribution in [1.29, 1.82) is 0 Å². The maximum atomic E-state index is 11.5. The largest absolute Gasteiger partial charge is 0.505 e. The highest BCUT2D eigenvalue weighted by atomic mass is 32.1. The smallest absolute Gasteiger partial charge is 0.351 e. The molecule has 1 N–H and O–H groups in total. The summed E-state index contributed by atoms with van der Waals surface area (Å²) >= 11 is 0.893. The number of esters is 1. The van der Waals surface area contributed by atoms with Gasteiger partial charge < -0.3 is 9.84 Å². The van der Waals surface area contributed by atoms with Gasteiger partial charge in [0.1, 0.15) is 10.8 Å². The number of thiophene rings is 1. The molecule has 0 atom stereocenters. The number of hydrogen-bond acceptors (Lipinski definition) is 5. The summed E-state index contributed by atoms with van der Waals surface area (Å²) in [4.78, 5) is 14.3. The van der Waals surface area contributed by atoms with Crippen LogP contribution >= 0.6 is 11.3 Å². The van der Waals surface area contributed by atoms with Gasteiger partial charge in [-0.1, -0.05) is 30.3 Å². The second kappa shape index (κ2) is 5.43. The summed E-state index contributed by atoms with van der Waals surface area (Å²) in [6.07, 6.45) is 0. The number of methoxy groups -OCH3 is 1. The van der Waals surface area contributed by atoms with Crippen molar-refractivity contribution < 1.29 is 14.6 Å². The van der Waals surface area contributed by atoms with E-state index in [9.17, 15) is 9.90 Å². The molecule has 96 valence electrons. The van der Waals surface area contributed by atoms with E-state index in [1.165, 1.54) is 7.11 Å². The number of carbonyl (C=O) groups excluding carboxylic acids is 1. The topological polar surface area (TPSA) is 95.3 Å². The van der Waals surface area contributed by atoms with E-state index in [-0.39, 0.29) is 15.6 Å². The van der Waals surface area contributed by atoms with E-state index < -0.39 is 5.97 Å². The molecular weight excluding hydrogens is 266 g/mol. The number of hydrogen-bond donors (Lipinski definition) is 1. The lowest BCUT2D eigenvalue weighted by molar-refractivity contribution is 0.0603. The SMILES string of the molecule is COC(=O)c1sc(N=[N+]=[N-])c(-c2ccccc2)c1O. The van der Waals surface area contributed by atoms with Gasteiger partial charge in [-0.25, -0.2) is 4.79 Å². The molecule has 2 rings (SSSR count). The Morgan fingerprint density at radius 2 is 2.11 bits per heavy atom. The average Bonchev–Trinajstić information content (AvgIpc) is 2.76. The highest BCUT2D eigenvalue weighted by Crippen LogP contribution is 2.47. The highest BCUT2D eigenvalue weighted by Gasteiger charge is 2.23. The standard InChI is InChI=1S/C12H9N3O3S/c1-18-12(17)10-9(16)8(11(19-10)14-15-13)7-5-3-2-4-6-7/h2-6,16H,1H3. The number of rotatable bonds is 3. The first-order valence-corrected chi connectivity index (χ1v) is 6.05. The molecule has 1 heterocycles. The fourth-order valence-corrected chi connectivity index (χ4v) is 2.57. The molecule has 6 nitrogen and oxygen atoms in total. The van der Waals surface area contributed by atoms with Crippen LogP contribution in [-0.4, -0.2) is 18.2 Å². The van der Waals surface area contributed by atoms with Crippen LogP contribution in [0.3, 0.4) is 0 Å². The Kier molecular flexibility index (Phi) is 3.70. The van der Waals surface area contributed by atoms with Crippen molar-refractivity contribution in [3.8, 4) is 16.9 Å². The van der Waals surface area contributed by atoms with Crippen molar-refractivity contribution in [1.82, 2.24) is 0 Å². The zero-order valence-electron chi connectivity index (χ0n) is 9.90. The average molecular weight is 275 g/mol. The van der Waals surface area contributed by atoms with Crippen LogP contribution in [0.15, 0.2) is 35.4 Å². The molecule has 0 aliphatic rings. The third kappa shape index (κ3) is 2.37. The van der Waals surface area contributed by atoms with E-state index in [1.807, 2.05) is 6.07 Å². The number of benzene rings is 1. The van der Waals surface area contributed by atoms with Gasteiger partial charge in [-0.2, -0.15) is 0 Å². The lowest BCUT2D eigenvalue weighted by atomic mass is 10.1. The maximum Gasteiger partial charge on any atom is 0.351 e. The number of ether oxygens (including phenoxy) is 1. The summed E-state index contributed by atoms with van der Waals surface area (Å²) < 4.78 is 4.58. The van der Waals surface area contributed by atoms with Crippen LogP contribution in [0.4, 0.5) is 5.00 Å². The molecule has 0 bridgehead atoms. The second-order valence-electron chi connectivity index (χ2n) is 3.51. The molecule has 0 saturated carbocycles. The van der Waals surface area contributed by atoms with Crippen LogP contribution in [0, 0.1) is 0 Å². The van der Waals surface area contributed by atoms with Gasteiger partial charge in [0.2, 0.25) is 0 Å². The van der Waals surface area contributed by atoms with Crippen molar-refractivity contribution in [2.24, 2.45) is 5.11 Å². The molecule has 0 aliphatic carbocycles. The summed E-state index contributed by atoms with van der Waals surface area (Å²) in [7, 11) is 1.22. The Bertz CT molecular complexity index is 660. The van der Waals surface area contributed by atoms with Crippen LogP contribution in [-0.2, 0) is 4.74 Å². The minimum absolute atomic E-state index is 0.0174. The van der Waals surface area contributed by atoms with Gasteiger partial charge in [0.15, 0.2) is 4.88 Å². The second-order valence-corrected chi connectivity index (χ2v) is 4.51. The first kappa shape index (κ1) is 12.9. The van der Waals surface area contributed by atoms with Gasteiger partial charge >= 0.3 is 5.97 Å². The van der Waals surface area contributed by atoms with E-state index in [0.29, 0.717) is 11.1 Å². The fraction of sp³-hybridized carbons (Fsp3) is 0.0833. The van der Waals surface area contributed by atoms with Gasteiger partial charge in [-0.3, -0.25) is 0 Å². The third-order valence-electron chi connectivity index (χ3n) is 2.43. The monoisotopic (exact) mass is 275 g/mol. The molecular formula is C12H9N3O3S. The molecule has 0 fully saturated rings. The quantitative estimate of drug-likeness (QED) is 0.399. The van der Waals surface area contributed by atoms with E-state index in [4.69, 9.17) is 5.53 Å². The minimum atomic E-state index is -0.668. The van der Waals surface area contributed by atoms with Gasteiger partial charge in [0, 0.05) is 10.5 Å². The van der Waals surface area contributed by atoms with Crippen molar-refractivity contribution >= 4 is 22.3 Å². The van der Waals surface area contributed by atoms with Crippen LogP contribution in [0.1, 0.15) is 9.67 Å². The number of aromatic hydroxyl groups is 1. The molecule has 0 radical (unpaired) electrons. The molecule has 0 spiro atoms. The highest BCUT2D eigenvalue weighted by molar-refractivity contribution is 7.18. The van der Waals surface area contributed by atoms with Gasteiger partial charge in [0.05, 0.1) is 7.11 Å². The Morgan fingerprint density at radius 1 is 1.42 bits per heavy atom. The molecule has 0 unspecified atom stereocenters. The Balaban J connectivity index is 2.68. The summed E-state index contributed by atoms with van der Waals surface area (Å²) in [5, 5.41) is 13.9. The molecule has 1 aromatic heterocycles. The van der Waals surface area contributed by atoms with E-state index >= 15 is 0 Å². The molecule has 0 aliphatic heterocycles. The predicted molar refractivity (Wildman–Crippen MR) is 71.6 cm³/mol. The van der Waals surface area contributed by atoms with Gasteiger partial charge in [0.25, 0.3) is 0 Å². The van der Waals surface area contributed by atoms with Crippen molar-refractivity contribution in [2.75, 3.05) is 7.11 Å². The predicted octanol–water partition coefficient (Wildman–Crippen LogP) is 3.85. The van der Waals surface area contributed by atoms with E-state index in [0.717, 1.165) is 11.3 Å². The molecule has 0 amide bonds. The van der Waals surface area contributed by atoms with Crippen LogP contribution in [0.5, 0.6) is 5.75 Å². The molecule has 2 aromatic rings. The number of nitrogens with zero attached hydrogens (tertiary/aromatic N) is 3. The van der Waals surface area contributed by atoms with Crippen molar-refractivity contribution in [2.45, 2.75) is 0 Å². The molecule has 0 saturated heterocycles. The zero-order valence-corrected chi connectivity index (χ0v) is 10.7. The maximum absolute atomic E-state index is 11.5. The summed E-state index contributed by atoms with van der Waals surface area (Å²) in [5.41, 5.74) is 9.55. The lowest BCUT2D eigenvalue weighted by Crippen LogP contribution is -1.97. The Hall–Kier alpha value is -2.50. The first-order valence-electron chi connectivity index (χ1n) is 5.23. The first-order chi connectivity index (χ1) is 9.19. The lowest BCUT2D eigenvalue weighted by Gasteiger charge is -2.01. The fourth-order valence-electron chi connectivity index (χ4n) is 1.62. The normalized spacial score (nSPS) is 9.74. The summed E-state index contributed by atoms with van der Waals surface area (Å²) in [6.45, 7) is 0. The van der Waals surface area contributed by atoms with Crippen LogP contribution in [0.2, 0.25) is 0 Å². The Morgan fingerprint density at radius 3 is 2.68 bits per heavy atom. The zero-order chi connectivity index (χ0) is 13.8. The number of azide groups is 1. The van der Waals surface area contributed by atoms with Gasteiger partial charge in [-0.15, -0.1) is 11.3 Å². The summed E-state index contributed by atoms with van der Waals surface area (Å²) in [5.74, 6) is -0.899. The molecule has 7 heteroatoms. The van der Waals surface area contributed by atoms with E-state index in [1.54, 1.807) is 24.3 Å². The third-order valence-corrected chi connectivity index (χ3v) is 3.48. The van der Waals surface area contributed by atoms with Gasteiger partial charge in [-0.05, 0) is 16.2 Å². The minimum Gasteiger partial charge on any atom is -0.505 e. The number of carbonyl (C=O) groups is 1.